The number of hydrogen-bond donors (Lipinski definition) is 1. The number of aromatic hydroxyl groups is 1. The van der Waals surface area contributed by atoms with E-state index in [-0.39, 0.29) is 40.3 Å². The van der Waals surface area contributed by atoms with Gasteiger partial charge in [-0.1, -0.05) is 39.0 Å². The molecule has 0 saturated heterocycles. The summed E-state index contributed by atoms with van der Waals surface area (Å²) in [4.78, 5) is 30.0. The molecule has 2 heterocycles. The fourth-order valence-electron chi connectivity index (χ4n) is 3.81. The van der Waals surface area contributed by atoms with Crippen LogP contribution in [0.25, 0.3) is 0 Å². The van der Waals surface area contributed by atoms with Crippen molar-refractivity contribution in [1.29, 1.82) is 0 Å². The smallest absolute Gasteiger partial charge is 0.416 e. The summed E-state index contributed by atoms with van der Waals surface area (Å²) in [5, 5.41) is 10.4. The summed E-state index contributed by atoms with van der Waals surface area (Å²) in [7, 11) is -1.00. The van der Waals surface area contributed by atoms with Crippen molar-refractivity contribution in [2.24, 2.45) is 0 Å². The zero-order chi connectivity index (χ0) is 24.7. The second kappa shape index (κ2) is 8.87. The summed E-state index contributed by atoms with van der Waals surface area (Å²) in [6.07, 6.45) is 2.34. The number of ether oxygens (including phenoxy) is 2. The van der Waals surface area contributed by atoms with Crippen molar-refractivity contribution in [2.45, 2.75) is 64.5 Å². The standard InChI is InChI=1S/C24H34N2O6Si/c1-9-10-31-23(29)26-17-13-19(27)20(30-6)12-16(17)21(28)25-14-15(2)11-18(25)22(26)32-33(7,8)24(3,4)5/h9,12-14,18,22,27H,1,10-11H2,2-8H3/t18-,22-/m0/s1. The molecule has 0 aromatic heterocycles. The fraction of sp³-hybridized carbons (Fsp3) is 0.500. The number of hydrogen-bond acceptors (Lipinski definition) is 6. The van der Waals surface area contributed by atoms with Crippen LogP contribution in [0.1, 0.15) is 44.5 Å². The molecule has 0 aliphatic carbocycles. The summed E-state index contributed by atoms with van der Waals surface area (Å²) in [5.41, 5.74) is 1.44. The number of amides is 2. The SMILES string of the molecule is C=CCOC(=O)N1c2cc(O)c(OC)cc2C(=O)N2C=C(C)C[C@H]2[C@@H]1O[Si](C)(C)C(C)(C)C. The molecule has 8 nitrogen and oxygen atoms in total. The number of anilines is 1. The molecule has 0 spiro atoms. The Morgan fingerprint density at radius 1 is 1.33 bits per heavy atom. The van der Waals surface area contributed by atoms with Crippen molar-refractivity contribution in [2.75, 3.05) is 18.6 Å². The predicted octanol–water partition coefficient (Wildman–Crippen LogP) is 5.01. The van der Waals surface area contributed by atoms with Crippen LogP contribution in [0.5, 0.6) is 11.5 Å². The number of nitrogens with zero attached hydrogens (tertiary/aromatic N) is 2. The van der Waals surface area contributed by atoms with Crippen molar-refractivity contribution in [1.82, 2.24) is 4.90 Å². The van der Waals surface area contributed by atoms with E-state index in [0.717, 1.165) is 5.57 Å². The van der Waals surface area contributed by atoms with Gasteiger partial charge in [0, 0.05) is 12.3 Å². The van der Waals surface area contributed by atoms with E-state index >= 15 is 0 Å². The highest BCUT2D eigenvalue weighted by Gasteiger charge is 2.50. The molecule has 1 aromatic carbocycles. The highest BCUT2D eigenvalue weighted by atomic mass is 28.4. The van der Waals surface area contributed by atoms with Crippen LogP contribution < -0.4 is 9.64 Å². The molecule has 9 heteroatoms. The van der Waals surface area contributed by atoms with Crippen LogP contribution in [0, 0.1) is 0 Å². The Labute approximate surface area is 196 Å². The minimum atomic E-state index is -2.41. The molecule has 0 radical (unpaired) electrons. The Morgan fingerprint density at radius 3 is 2.58 bits per heavy atom. The third-order valence-electron chi connectivity index (χ3n) is 6.60. The molecule has 1 N–H and O–H groups in total. The Hall–Kier alpha value is -2.78. The zero-order valence-corrected chi connectivity index (χ0v) is 21.5. The molecule has 0 fully saturated rings. The zero-order valence-electron chi connectivity index (χ0n) is 20.5. The van der Waals surface area contributed by atoms with Crippen LogP contribution in [0.2, 0.25) is 18.1 Å². The minimum Gasteiger partial charge on any atom is -0.504 e. The second-order valence-corrected chi connectivity index (χ2v) is 14.8. The Kier molecular flexibility index (Phi) is 6.68. The number of rotatable bonds is 5. The molecule has 2 atom stereocenters. The van der Waals surface area contributed by atoms with E-state index < -0.39 is 26.7 Å². The quantitative estimate of drug-likeness (QED) is 0.477. The van der Waals surface area contributed by atoms with Gasteiger partial charge in [0.05, 0.1) is 24.4 Å². The molecule has 2 amide bonds. The molecule has 33 heavy (non-hydrogen) atoms. The summed E-state index contributed by atoms with van der Waals surface area (Å²) < 4.78 is 17.5. The largest absolute Gasteiger partial charge is 0.504 e. The average molecular weight is 475 g/mol. The van der Waals surface area contributed by atoms with Gasteiger partial charge in [0.2, 0.25) is 0 Å². The van der Waals surface area contributed by atoms with Gasteiger partial charge in [-0.2, -0.15) is 0 Å². The molecule has 180 valence electrons. The topological polar surface area (TPSA) is 88.5 Å². The van der Waals surface area contributed by atoms with E-state index in [2.05, 4.69) is 40.4 Å². The van der Waals surface area contributed by atoms with Gasteiger partial charge in [0.1, 0.15) is 6.61 Å². The Balaban J connectivity index is 2.26. The van der Waals surface area contributed by atoms with Crippen LogP contribution >= 0.6 is 0 Å². The van der Waals surface area contributed by atoms with Gasteiger partial charge < -0.3 is 23.9 Å². The van der Waals surface area contributed by atoms with Gasteiger partial charge in [-0.25, -0.2) is 9.69 Å². The van der Waals surface area contributed by atoms with Crippen molar-refractivity contribution in [3.8, 4) is 11.5 Å². The fourth-order valence-corrected chi connectivity index (χ4v) is 5.03. The third-order valence-corrected chi connectivity index (χ3v) is 11.0. The monoisotopic (exact) mass is 474 g/mol. The van der Waals surface area contributed by atoms with Crippen LogP contribution in [0.4, 0.5) is 10.5 Å². The molecule has 0 unspecified atom stereocenters. The number of phenolic OH excluding ortho intramolecular Hbond substituents is 1. The Morgan fingerprint density at radius 2 is 2.00 bits per heavy atom. The molecule has 3 rings (SSSR count). The molecular weight excluding hydrogens is 440 g/mol. The average Bonchev–Trinajstić information content (AvgIpc) is 3.08. The van der Waals surface area contributed by atoms with Gasteiger partial charge in [-0.05, 0) is 37.5 Å². The third kappa shape index (κ3) is 4.52. The van der Waals surface area contributed by atoms with Gasteiger partial charge in [-0.15, -0.1) is 0 Å². The summed E-state index contributed by atoms with van der Waals surface area (Å²) in [6.45, 7) is 16.1. The van der Waals surface area contributed by atoms with Gasteiger partial charge >= 0.3 is 6.09 Å². The maximum Gasteiger partial charge on any atom is 0.416 e. The number of phenols is 1. The maximum absolute atomic E-state index is 13.6. The lowest BCUT2D eigenvalue weighted by Gasteiger charge is -2.44. The maximum atomic E-state index is 13.6. The Bertz CT molecular complexity index is 997. The first-order valence-electron chi connectivity index (χ1n) is 11.0. The van der Waals surface area contributed by atoms with Gasteiger partial charge in [0.15, 0.2) is 26.0 Å². The predicted molar refractivity (Wildman–Crippen MR) is 129 cm³/mol. The lowest BCUT2D eigenvalue weighted by Crippen LogP contribution is -2.57. The molecule has 0 saturated carbocycles. The molecule has 2 aliphatic rings. The number of methoxy groups -OCH3 is 1. The van der Waals surface area contributed by atoms with E-state index in [1.807, 2.05) is 6.92 Å². The van der Waals surface area contributed by atoms with E-state index in [1.165, 1.54) is 30.2 Å². The molecule has 0 bridgehead atoms. The summed E-state index contributed by atoms with van der Waals surface area (Å²) >= 11 is 0. The van der Waals surface area contributed by atoms with Gasteiger partial charge in [0.25, 0.3) is 5.91 Å². The first-order valence-corrected chi connectivity index (χ1v) is 13.9. The van der Waals surface area contributed by atoms with Crippen molar-refractivity contribution < 1.29 is 28.6 Å². The number of carbonyl (C=O) groups excluding carboxylic acids is 2. The lowest BCUT2D eigenvalue weighted by molar-refractivity contribution is 0.0589. The molecular formula is C24H34N2O6Si. The highest BCUT2D eigenvalue weighted by molar-refractivity contribution is 6.74. The van der Waals surface area contributed by atoms with Gasteiger partial charge in [-0.3, -0.25) is 4.79 Å². The second-order valence-electron chi connectivity index (χ2n) is 10.0. The van der Waals surface area contributed by atoms with E-state index in [0.29, 0.717) is 6.42 Å². The lowest BCUT2D eigenvalue weighted by atomic mass is 10.1. The van der Waals surface area contributed by atoms with Crippen LogP contribution in [0.15, 0.2) is 36.6 Å². The number of fused-ring (bicyclic) bond motifs is 2. The highest BCUT2D eigenvalue weighted by Crippen LogP contribution is 2.45. The van der Waals surface area contributed by atoms with E-state index in [1.54, 1.807) is 11.1 Å². The molecule has 2 aliphatic heterocycles. The van der Waals surface area contributed by atoms with Crippen LogP contribution in [0.3, 0.4) is 0 Å². The normalized spacial score (nSPS) is 20.6. The van der Waals surface area contributed by atoms with Crippen LogP contribution in [-0.2, 0) is 9.16 Å². The number of benzene rings is 1. The first kappa shape index (κ1) is 24.9. The summed E-state index contributed by atoms with van der Waals surface area (Å²) in [5.74, 6) is -0.347. The minimum absolute atomic E-state index is 0.000773. The summed E-state index contributed by atoms with van der Waals surface area (Å²) in [6, 6.07) is 2.37. The van der Waals surface area contributed by atoms with Crippen molar-refractivity contribution >= 4 is 26.0 Å². The van der Waals surface area contributed by atoms with Crippen molar-refractivity contribution in [3.05, 3.63) is 42.1 Å². The van der Waals surface area contributed by atoms with E-state index in [4.69, 9.17) is 13.9 Å². The van der Waals surface area contributed by atoms with Crippen molar-refractivity contribution in [3.63, 3.8) is 0 Å². The first-order chi connectivity index (χ1) is 15.3. The number of carbonyl (C=O) groups is 2. The van der Waals surface area contributed by atoms with E-state index in [9.17, 15) is 14.7 Å². The molecule has 1 aromatic rings. The van der Waals surface area contributed by atoms with Crippen LogP contribution in [-0.4, -0.2) is 56.3 Å².